The number of fused-ring (bicyclic) bond motifs is 2. The maximum absolute atomic E-state index is 13.2. The number of likely N-dealkylation sites (N-methyl/N-ethyl adjacent to an activating group) is 1. The Balaban J connectivity index is 1.37. The quantitative estimate of drug-likeness (QED) is 0.463. The first kappa shape index (κ1) is 24.1. The van der Waals surface area contributed by atoms with Crippen LogP contribution in [-0.4, -0.2) is 76.0 Å². The van der Waals surface area contributed by atoms with Crippen molar-refractivity contribution in [3.8, 4) is 0 Å². The SMILES string of the molecule is CCN(CC)CCn1c(NC(=O)c2ccc3c(c2)C(=O)N(CC2CCCO2)C3=O)nc2ccccc21. The Kier molecular flexibility index (Phi) is 6.84. The van der Waals surface area contributed by atoms with E-state index in [2.05, 4.69) is 29.0 Å². The lowest BCUT2D eigenvalue weighted by molar-refractivity contribution is 0.0475. The predicted octanol–water partition coefficient (Wildman–Crippen LogP) is 3.41. The number of rotatable bonds is 9. The Hall–Kier alpha value is -3.56. The zero-order chi connectivity index (χ0) is 25.2. The second-order valence-electron chi connectivity index (χ2n) is 9.17. The predicted molar refractivity (Wildman–Crippen MR) is 136 cm³/mol. The lowest BCUT2D eigenvalue weighted by atomic mass is 10.1. The highest BCUT2D eigenvalue weighted by molar-refractivity contribution is 6.22. The third-order valence-corrected chi connectivity index (χ3v) is 7.06. The van der Waals surface area contributed by atoms with Gasteiger partial charge in [0.1, 0.15) is 0 Å². The van der Waals surface area contributed by atoms with E-state index in [0.29, 0.717) is 30.2 Å². The summed E-state index contributed by atoms with van der Waals surface area (Å²) in [6.07, 6.45) is 1.63. The van der Waals surface area contributed by atoms with Crippen molar-refractivity contribution >= 4 is 34.7 Å². The number of imide groups is 1. The zero-order valence-electron chi connectivity index (χ0n) is 20.7. The lowest BCUT2D eigenvalue weighted by Gasteiger charge is -2.19. The fourth-order valence-electron chi connectivity index (χ4n) is 4.94. The van der Waals surface area contributed by atoms with Crippen LogP contribution in [0.5, 0.6) is 0 Å². The molecule has 1 fully saturated rings. The number of hydrogen-bond donors (Lipinski definition) is 1. The number of para-hydroxylation sites is 2. The number of imidazole rings is 1. The molecule has 9 nitrogen and oxygen atoms in total. The summed E-state index contributed by atoms with van der Waals surface area (Å²) < 4.78 is 7.61. The summed E-state index contributed by atoms with van der Waals surface area (Å²) in [5, 5.41) is 2.93. The molecule has 0 aliphatic carbocycles. The average molecular weight is 490 g/mol. The number of carbonyl (C=O) groups excluding carboxylic acids is 3. The van der Waals surface area contributed by atoms with Crippen LogP contribution in [0.2, 0.25) is 0 Å². The van der Waals surface area contributed by atoms with Gasteiger partial charge in [-0.1, -0.05) is 26.0 Å². The maximum Gasteiger partial charge on any atom is 0.261 e. The molecule has 3 aromatic rings. The van der Waals surface area contributed by atoms with E-state index >= 15 is 0 Å². The van der Waals surface area contributed by atoms with Gasteiger partial charge in [-0.05, 0) is 56.3 Å². The molecule has 1 atom stereocenters. The number of hydrogen-bond acceptors (Lipinski definition) is 6. The summed E-state index contributed by atoms with van der Waals surface area (Å²) >= 11 is 0. The number of benzene rings is 2. The molecule has 5 rings (SSSR count). The van der Waals surface area contributed by atoms with Crippen molar-refractivity contribution in [3.63, 3.8) is 0 Å². The van der Waals surface area contributed by atoms with Crippen LogP contribution in [0.25, 0.3) is 11.0 Å². The number of nitrogens with one attached hydrogen (secondary N) is 1. The van der Waals surface area contributed by atoms with Crippen molar-refractivity contribution in [2.75, 3.05) is 38.1 Å². The Morgan fingerprint density at radius 3 is 2.64 bits per heavy atom. The number of anilines is 1. The van der Waals surface area contributed by atoms with Gasteiger partial charge in [0.2, 0.25) is 5.95 Å². The van der Waals surface area contributed by atoms with Crippen LogP contribution in [0.1, 0.15) is 57.8 Å². The Morgan fingerprint density at radius 1 is 1.11 bits per heavy atom. The first-order valence-electron chi connectivity index (χ1n) is 12.6. The molecule has 1 unspecified atom stereocenters. The van der Waals surface area contributed by atoms with Gasteiger partial charge in [0, 0.05) is 25.3 Å². The van der Waals surface area contributed by atoms with Crippen molar-refractivity contribution in [1.82, 2.24) is 19.4 Å². The zero-order valence-corrected chi connectivity index (χ0v) is 20.7. The Labute approximate surface area is 210 Å². The summed E-state index contributed by atoms with van der Waals surface area (Å²) in [5.41, 5.74) is 2.62. The molecular weight excluding hydrogens is 458 g/mol. The molecule has 1 aromatic heterocycles. The van der Waals surface area contributed by atoms with Crippen LogP contribution in [0.3, 0.4) is 0 Å². The molecule has 188 valence electrons. The van der Waals surface area contributed by atoms with Crippen molar-refractivity contribution < 1.29 is 19.1 Å². The van der Waals surface area contributed by atoms with E-state index in [1.165, 1.54) is 11.0 Å². The van der Waals surface area contributed by atoms with Gasteiger partial charge >= 0.3 is 0 Å². The van der Waals surface area contributed by atoms with Crippen LogP contribution in [0.4, 0.5) is 5.95 Å². The molecule has 0 spiro atoms. The molecule has 2 aromatic carbocycles. The van der Waals surface area contributed by atoms with E-state index < -0.39 is 0 Å². The minimum absolute atomic E-state index is 0.126. The van der Waals surface area contributed by atoms with Crippen LogP contribution in [-0.2, 0) is 11.3 Å². The molecule has 3 amide bonds. The number of amides is 3. The summed E-state index contributed by atoms with van der Waals surface area (Å²) in [7, 11) is 0. The number of ether oxygens (including phenoxy) is 1. The van der Waals surface area contributed by atoms with Crippen LogP contribution in [0.15, 0.2) is 42.5 Å². The molecule has 2 aliphatic rings. The van der Waals surface area contributed by atoms with E-state index in [9.17, 15) is 14.4 Å². The monoisotopic (exact) mass is 489 g/mol. The molecule has 3 heterocycles. The Bertz CT molecular complexity index is 1310. The molecule has 9 heteroatoms. The first-order chi connectivity index (χ1) is 17.5. The van der Waals surface area contributed by atoms with E-state index in [1.54, 1.807) is 12.1 Å². The summed E-state index contributed by atoms with van der Waals surface area (Å²) in [5.74, 6) is -0.645. The third-order valence-electron chi connectivity index (χ3n) is 7.06. The first-order valence-corrected chi connectivity index (χ1v) is 12.6. The fourth-order valence-corrected chi connectivity index (χ4v) is 4.94. The van der Waals surface area contributed by atoms with Crippen molar-refractivity contribution in [1.29, 1.82) is 0 Å². The molecular formula is C27H31N5O4. The second kappa shape index (κ2) is 10.2. The molecule has 2 aliphatic heterocycles. The summed E-state index contributed by atoms with van der Waals surface area (Å²) in [4.78, 5) is 47.2. The molecule has 36 heavy (non-hydrogen) atoms. The maximum atomic E-state index is 13.2. The second-order valence-corrected chi connectivity index (χ2v) is 9.17. The van der Waals surface area contributed by atoms with Crippen LogP contribution < -0.4 is 5.32 Å². The standard InChI is InChI=1S/C27H31N5O4/c1-3-30(4-2)13-14-31-23-10-6-5-9-22(23)28-27(31)29-24(33)18-11-12-20-21(16-18)26(35)32(25(20)34)17-19-8-7-15-36-19/h5-6,9-12,16,19H,3-4,7-8,13-15,17H2,1-2H3,(H,28,29,33). The average Bonchev–Trinajstić information content (AvgIpc) is 3.59. The lowest BCUT2D eigenvalue weighted by Crippen LogP contribution is -2.36. The number of nitrogens with zero attached hydrogens (tertiary/aromatic N) is 4. The fraction of sp³-hybridized carbons (Fsp3) is 0.407. The van der Waals surface area contributed by atoms with Crippen LogP contribution in [0, 0.1) is 0 Å². The van der Waals surface area contributed by atoms with Gasteiger partial charge in [-0.3, -0.25) is 24.6 Å². The topological polar surface area (TPSA) is 96.8 Å². The van der Waals surface area contributed by atoms with Gasteiger partial charge in [0.15, 0.2) is 0 Å². The van der Waals surface area contributed by atoms with E-state index in [-0.39, 0.29) is 35.9 Å². The van der Waals surface area contributed by atoms with E-state index in [1.807, 2.05) is 28.8 Å². The number of aromatic nitrogens is 2. The highest BCUT2D eigenvalue weighted by atomic mass is 16.5. The third kappa shape index (κ3) is 4.52. The summed E-state index contributed by atoms with van der Waals surface area (Å²) in [6, 6.07) is 12.4. The summed E-state index contributed by atoms with van der Waals surface area (Å²) in [6.45, 7) is 8.52. The molecule has 0 saturated carbocycles. The van der Waals surface area contributed by atoms with Crippen molar-refractivity contribution in [2.45, 2.75) is 39.3 Å². The van der Waals surface area contributed by atoms with Crippen molar-refractivity contribution in [2.24, 2.45) is 0 Å². The van der Waals surface area contributed by atoms with Crippen LogP contribution >= 0.6 is 0 Å². The minimum Gasteiger partial charge on any atom is -0.376 e. The molecule has 1 saturated heterocycles. The van der Waals surface area contributed by atoms with Crippen molar-refractivity contribution in [3.05, 3.63) is 59.2 Å². The smallest absolute Gasteiger partial charge is 0.261 e. The van der Waals surface area contributed by atoms with Gasteiger partial charge in [-0.2, -0.15) is 0 Å². The minimum atomic E-state index is -0.383. The van der Waals surface area contributed by atoms with Gasteiger partial charge in [0.25, 0.3) is 17.7 Å². The van der Waals surface area contributed by atoms with Gasteiger partial charge in [0.05, 0.1) is 34.8 Å². The molecule has 1 N–H and O–H groups in total. The van der Waals surface area contributed by atoms with Gasteiger partial charge < -0.3 is 14.2 Å². The number of carbonyl (C=O) groups is 3. The molecule has 0 radical (unpaired) electrons. The highest BCUT2D eigenvalue weighted by Gasteiger charge is 2.38. The highest BCUT2D eigenvalue weighted by Crippen LogP contribution is 2.27. The molecule has 0 bridgehead atoms. The van der Waals surface area contributed by atoms with Gasteiger partial charge in [-0.25, -0.2) is 4.98 Å². The normalized spacial score (nSPS) is 17.4. The largest absolute Gasteiger partial charge is 0.376 e. The van der Waals surface area contributed by atoms with E-state index in [0.717, 1.165) is 43.5 Å². The Morgan fingerprint density at radius 2 is 1.89 bits per heavy atom. The van der Waals surface area contributed by atoms with E-state index in [4.69, 9.17) is 4.74 Å². The van der Waals surface area contributed by atoms with Gasteiger partial charge in [-0.15, -0.1) is 0 Å².